The highest BCUT2D eigenvalue weighted by Gasteiger charge is 2.27. The van der Waals surface area contributed by atoms with Crippen molar-refractivity contribution >= 4 is 29.0 Å². The highest BCUT2D eigenvalue weighted by molar-refractivity contribution is 8.18. The Kier molecular flexibility index (Phi) is 2.34. The van der Waals surface area contributed by atoms with E-state index in [0.29, 0.717) is 0 Å². The molecule has 1 N–H and O–H groups in total. The Morgan fingerprint density at radius 2 is 1.62 bits per heavy atom. The number of fused-ring (bicyclic) bond motifs is 1. The van der Waals surface area contributed by atoms with E-state index in [1.54, 1.807) is 0 Å². The minimum Gasteiger partial charge on any atom is -0.354 e. The molecule has 0 aromatic heterocycles. The van der Waals surface area contributed by atoms with Gasteiger partial charge in [-0.15, -0.1) is 0 Å². The van der Waals surface area contributed by atoms with Crippen LogP contribution >= 0.6 is 6.19 Å². The summed E-state index contributed by atoms with van der Waals surface area (Å²) in [7, 11) is 0. The van der Waals surface area contributed by atoms with Gasteiger partial charge in [-0.05, 0) is 11.6 Å². The first-order valence-electron chi connectivity index (χ1n) is 5.29. The SMILES string of the molecule is S=P1(c2ccccc2)Cc2ccccc2N1. The first-order chi connectivity index (χ1) is 7.78. The van der Waals surface area contributed by atoms with Crippen LogP contribution in [0.15, 0.2) is 54.6 Å². The van der Waals surface area contributed by atoms with Crippen LogP contribution < -0.4 is 10.4 Å². The van der Waals surface area contributed by atoms with Gasteiger partial charge in [0.2, 0.25) is 0 Å². The van der Waals surface area contributed by atoms with Gasteiger partial charge in [0.15, 0.2) is 0 Å². The Hall–Kier alpha value is -1.11. The van der Waals surface area contributed by atoms with E-state index >= 15 is 0 Å². The van der Waals surface area contributed by atoms with Crippen molar-refractivity contribution < 1.29 is 0 Å². The van der Waals surface area contributed by atoms with Crippen LogP contribution in [0, 0.1) is 0 Å². The van der Waals surface area contributed by atoms with Gasteiger partial charge in [0.05, 0.1) is 6.19 Å². The predicted octanol–water partition coefficient (Wildman–Crippen LogP) is 3.33. The largest absolute Gasteiger partial charge is 0.354 e. The van der Waals surface area contributed by atoms with E-state index in [4.69, 9.17) is 11.8 Å². The Balaban J connectivity index is 2.04. The summed E-state index contributed by atoms with van der Waals surface area (Å²) in [5.74, 6) is 0. The molecule has 1 aliphatic heterocycles. The molecular weight excluding hydrogens is 233 g/mol. The fourth-order valence-corrected chi connectivity index (χ4v) is 5.55. The summed E-state index contributed by atoms with van der Waals surface area (Å²) in [5.41, 5.74) is 2.57. The second kappa shape index (κ2) is 3.73. The zero-order valence-corrected chi connectivity index (χ0v) is 10.5. The second-order valence-electron chi connectivity index (χ2n) is 4.00. The molecule has 0 fully saturated rings. The average Bonchev–Trinajstić information content (AvgIpc) is 2.68. The third-order valence-electron chi connectivity index (χ3n) is 2.88. The third-order valence-corrected chi connectivity index (χ3v) is 6.70. The summed E-state index contributed by atoms with van der Waals surface area (Å²) in [6.07, 6.45) is -0.632. The van der Waals surface area contributed by atoms with Crippen molar-refractivity contribution in [2.45, 2.75) is 6.16 Å². The van der Waals surface area contributed by atoms with Crippen LogP contribution in [0.3, 0.4) is 0 Å². The number of nitrogens with one attached hydrogen (secondary N) is 1. The van der Waals surface area contributed by atoms with Gasteiger partial charge in [0, 0.05) is 17.2 Å². The van der Waals surface area contributed by atoms with E-state index in [1.165, 1.54) is 16.6 Å². The van der Waals surface area contributed by atoms with E-state index in [2.05, 4.69) is 53.6 Å². The van der Waals surface area contributed by atoms with Crippen molar-refractivity contribution in [1.29, 1.82) is 0 Å². The summed E-state index contributed by atoms with van der Waals surface area (Å²) >= 11 is 5.84. The molecule has 80 valence electrons. The van der Waals surface area contributed by atoms with Gasteiger partial charge < -0.3 is 5.09 Å². The Bertz CT molecular complexity index is 536. The van der Waals surface area contributed by atoms with E-state index in [9.17, 15) is 0 Å². The third kappa shape index (κ3) is 1.59. The van der Waals surface area contributed by atoms with Gasteiger partial charge in [-0.25, -0.2) is 0 Å². The van der Waals surface area contributed by atoms with Crippen LogP contribution in [0.1, 0.15) is 5.56 Å². The molecule has 2 aromatic carbocycles. The van der Waals surface area contributed by atoms with Crippen LogP contribution in [0.4, 0.5) is 5.69 Å². The fourth-order valence-electron chi connectivity index (χ4n) is 2.07. The zero-order chi connectivity index (χ0) is 11.0. The first-order valence-corrected chi connectivity index (χ1v) is 8.28. The first kappa shape index (κ1) is 10.1. The predicted molar refractivity (Wildman–Crippen MR) is 74.1 cm³/mol. The Morgan fingerprint density at radius 3 is 2.38 bits per heavy atom. The summed E-state index contributed by atoms with van der Waals surface area (Å²) < 4.78 is 0. The van der Waals surface area contributed by atoms with Crippen LogP contribution in [0.2, 0.25) is 0 Å². The van der Waals surface area contributed by atoms with E-state index in [-0.39, 0.29) is 0 Å². The smallest absolute Gasteiger partial charge is 0.0664 e. The quantitative estimate of drug-likeness (QED) is 0.773. The number of para-hydroxylation sites is 1. The van der Waals surface area contributed by atoms with E-state index in [0.717, 1.165) is 6.16 Å². The molecule has 1 nitrogen and oxygen atoms in total. The molecule has 0 amide bonds. The van der Waals surface area contributed by atoms with Gasteiger partial charge in [-0.1, -0.05) is 60.3 Å². The molecular formula is C13H12NPS. The molecule has 0 saturated heterocycles. The summed E-state index contributed by atoms with van der Waals surface area (Å²) in [4.78, 5) is 0. The lowest BCUT2D eigenvalue weighted by Crippen LogP contribution is -2.07. The Labute approximate surface area is 101 Å². The molecule has 0 bridgehead atoms. The topological polar surface area (TPSA) is 12.0 Å². The zero-order valence-electron chi connectivity index (χ0n) is 8.76. The fraction of sp³-hybridized carbons (Fsp3) is 0.0769. The molecule has 0 spiro atoms. The standard InChI is InChI=1S/C13H12NPS/c16-15(12-7-2-1-3-8-12)10-11-6-4-5-9-13(11)14-15/h1-9H,10H2,(H,14,16). The van der Waals surface area contributed by atoms with Crippen molar-refractivity contribution in [1.82, 2.24) is 0 Å². The molecule has 1 unspecified atom stereocenters. The number of hydrogen-bond donors (Lipinski definition) is 1. The van der Waals surface area contributed by atoms with Crippen LogP contribution in [0.25, 0.3) is 0 Å². The van der Waals surface area contributed by atoms with Gasteiger partial charge in [-0.2, -0.15) is 0 Å². The maximum atomic E-state index is 5.84. The minimum atomic E-state index is -1.62. The maximum absolute atomic E-state index is 5.84. The molecule has 3 rings (SSSR count). The van der Waals surface area contributed by atoms with Gasteiger partial charge >= 0.3 is 0 Å². The van der Waals surface area contributed by atoms with Gasteiger partial charge in [0.25, 0.3) is 0 Å². The van der Waals surface area contributed by atoms with Crippen LogP contribution in [-0.4, -0.2) is 0 Å². The van der Waals surface area contributed by atoms with Crippen molar-refractivity contribution in [2.24, 2.45) is 0 Å². The minimum absolute atomic E-state index is 0.989. The number of benzene rings is 2. The van der Waals surface area contributed by atoms with Gasteiger partial charge in [0.1, 0.15) is 0 Å². The highest BCUT2D eigenvalue weighted by atomic mass is 32.4. The molecule has 2 aromatic rings. The van der Waals surface area contributed by atoms with Gasteiger partial charge in [-0.3, -0.25) is 0 Å². The molecule has 16 heavy (non-hydrogen) atoms. The molecule has 0 radical (unpaired) electrons. The van der Waals surface area contributed by atoms with Crippen molar-refractivity contribution in [3.63, 3.8) is 0 Å². The molecule has 3 heteroatoms. The molecule has 0 saturated carbocycles. The maximum Gasteiger partial charge on any atom is 0.0664 e. The lowest BCUT2D eigenvalue weighted by molar-refractivity contribution is 1.45. The lowest BCUT2D eigenvalue weighted by atomic mass is 10.2. The van der Waals surface area contributed by atoms with Crippen molar-refractivity contribution in [3.8, 4) is 0 Å². The number of rotatable bonds is 1. The lowest BCUT2D eigenvalue weighted by Gasteiger charge is -2.16. The monoisotopic (exact) mass is 245 g/mol. The summed E-state index contributed by atoms with van der Waals surface area (Å²) in [6.45, 7) is 0. The molecule has 1 heterocycles. The molecule has 1 aliphatic rings. The van der Waals surface area contributed by atoms with E-state index in [1.807, 2.05) is 6.07 Å². The number of anilines is 1. The van der Waals surface area contributed by atoms with Crippen molar-refractivity contribution in [2.75, 3.05) is 5.09 Å². The average molecular weight is 245 g/mol. The molecule has 0 aliphatic carbocycles. The second-order valence-corrected chi connectivity index (χ2v) is 8.41. The van der Waals surface area contributed by atoms with Crippen LogP contribution in [-0.2, 0) is 18.0 Å². The normalized spacial score (nSPS) is 22.5. The summed E-state index contributed by atoms with van der Waals surface area (Å²) in [6, 6.07) is 18.9. The number of hydrogen-bond acceptors (Lipinski definition) is 1. The van der Waals surface area contributed by atoms with E-state index < -0.39 is 6.19 Å². The molecule has 1 atom stereocenters. The highest BCUT2D eigenvalue weighted by Crippen LogP contribution is 2.54. The van der Waals surface area contributed by atoms with Crippen molar-refractivity contribution in [3.05, 3.63) is 60.2 Å². The Morgan fingerprint density at radius 1 is 0.938 bits per heavy atom. The summed E-state index contributed by atoms with van der Waals surface area (Å²) in [5, 5.41) is 4.83. The van der Waals surface area contributed by atoms with Crippen LogP contribution in [0.5, 0.6) is 0 Å².